The number of hydrogen-bond acceptors (Lipinski definition) is 1. The van der Waals surface area contributed by atoms with Crippen LogP contribution in [0.1, 0.15) is 23.7 Å². The molecular formula is C17H19BrFN3O. The van der Waals surface area contributed by atoms with Gasteiger partial charge in [-0.3, -0.25) is 0 Å². The molecule has 0 saturated heterocycles. The van der Waals surface area contributed by atoms with Gasteiger partial charge in [0, 0.05) is 42.4 Å². The Labute approximate surface area is 143 Å². The molecule has 122 valence electrons. The Bertz CT molecular complexity index is 688. The summed E-state index contributed by atoms with van der Waals surface area (Å²) in [6.45, 7) is 1.88. The monoisotopic (exact) mass is 379 g/mol. The van der Waals surface area contributed by atoms with Crippen molar-refractivity contribution in [2.75, 3.05) is 18.4 Å². The molecule has 1 aromatic heterocycles. The van der Waals surface area contributed by atoms with Gasteiger partial charge in [0.05, 0.1) is 0 Å². The molecule has 2 aromatic rings. The Morgan fingerprint density at radius 1 is 1.26 bits per heavy atom. The Hall–Kier alpha value is -1.82. The number of rotatable bonds is 4. The number of carbonyl (C=O) groups excluding carboxylic acids is 1. The van der Waals surface area contributed by atoms with Gasteiger partial charge >= 0.3 is 6.03 Å². The van der Waals surface area contributed by atoms with E-state index < -0.39 is 6.04 Å². The van der Waals surface area contributed by atoms with Crippen LogP contribution in [0, 0.1) is 5.82 Å². The molecule has 0 bridgehead atoms. The molecule has 4 nitrogen and oxygen atoms in total. The highest BCUT2D eigenvalue weighted by molar-refractivity contribution is 9.09. The maximum Gasteiger partial charge on any atom is 0.318 e. The van der Waals surface area contributed by atoms with Crippen LogP contribution >= 0.6 is 15.9 Å². The van der Waals surface area contributed by atoms with Crippen molar-refractivity contribution in [3.63, 3.8) is 0 Å². The number of halogens is 2. The molecule has 0 aliphatic carbocycles. The van der Waals surface area contributed by atoms with Crippen LogP contribution in [-0.4, -0.2) is 33.9 Å². The number of hydrogen-bond donors (Lipinski definition) is 1. The first-order chi connectivity index (χ1) is 11.2. The van der Waals surface area contributed by atoms with Crippen molar-refractivity contribution in [2.24, 2.45) is 0 Å². The van der Waals surface area contributed by atoms with Crippen molar-refractivity contribution in [3.8, 4) is 0 Å². The average molecular weight is 380 g/mol. The molecule has 0 spiro atoms. The molecule has 3 rings (SSSR count). The molecule has 1 aliphatic heterocycles. The lowest BCUT2D eigenvalue weighted by atomic mass is 9.99. The minimum absolute atomic E-state index is 0.147. The van der Waals surface area contributed by atoms with E-state index in [0.717, 1.165) is 24.0 Å². The first-order valence-corrected chi connectivity index (χ1v) is 8.84. The van der Waals surface area contributed by atoms with Crippen molar-refractivity contribution in [1.29, 1.82) is 0 Å². The number of urea groups is 1. The minimum atomic E-state index is -0.399. The topological polar surface area (TPSA) is 37.3 Å². The predicted octanol–water partition coefficient (Wildman–Crippen LogP) is 3.53. The minimum Gasteiger partial charge on any atom is -0.348 e. The smallest absolute Gasteiger partial charge is 0.318 e. The summed E-state index contributed by atoms with van der Waals surface area (Å²) in [5, 5.41) is 3.76. The second-order valence-corrected chi connectivity index (χ2v) is 6.31. The Kier molecular flexibility index (Phi) is 5.00. The molecule has 1 N–H and O–H groups in total. The lowest BCUT2D eigenvalue weighted by Crippen LogP contribution is -2.47. The second-order valence-electron chi connectivity index (χ2n) is 5.52. The lowest BCUT2D eigenvalue weighted by molar-refractivity contribution is 0.167. The molecule has 0 unspecified atom stereocenters. The summed E-state index contributed by atoms with van der Waals surface area (Å²) in [6.07, 6.45) is 2.84. The number of amides is 2. The number of carbonyl (C=O) groups is 1. The fourth-order valence-electron chi connectivity index (χ4n) is 2.99. The maximum absolute atomic E-state index is 14.3. The highest BCUT2D eigenvalue weighted by Gasteiger charge is 2.33. The van der Waals surface area contributed by atoms with Gasteiger partial charge in [0.1, 0.15) is 11.9 Å². The van der Waals surface area contributed by atoms with Crippen LogP contribution in [0.15, 0.2) is 42.6 Å². The lowest BCUT2D eigenvalue weighted by Gasteiger charge is -2.37. The summed E-state index contributed by atoms with van der Waals surface area (Å²) in [6, 6.07) is 10.0. The van der Waals surface area contributed by atoms with E-state index in [2.05, 4.69) is 25.8 Å². The molecule has 0 fully saturated rings. The molecule has 23 heavy (non-hydrogen) atoms. The van der Waals surface area contributed by atoms with Crippen LogP contribution in [-0.2, 0) is 6.54 Å². The second kappa shape index (κ2) is 7.17. The zero-order valence-electron chi connectivity index (χ0n) is 12.7. The molecule has 6 heteroatoms. The number of fused-ring (bicyclic) bond motifs is 1. The van der Waals surface area contributed by atoms with Gasteiger partial charge in [0.15, 0.2) is 0 Å². The van der Waals surface area contributed by atoms with E-state index in [9.17, 15) is 9.18 Å². The normalized spacial score (nSPS) is 17.0. The van der Waals surface area contributed by atoms with Crippen LogP contribution in [0.2, 0.25) is 0 Å². The van der Waals surface area contributed by atoms with Crippen molar-refractivity contribution in [3.05, 3.63) is 59.7 Å². The largest absolute Gasteiger partial charge is 0.348 e. The zero-order chi connectivity index (χ0) is 16.2. The van der Waals surface area contributed by atoms with Gasteiger partial charge in [0.2, 0.25) is 0 Å². The van der Waals surface area contributed by atoms with Crippen LogP contribution in [0.5, 0.6) is 0 Å². The number of aromatic nitrogens is 1. The molecular weight excluding hydrogens is 361 g/mol. The van der Waals surface area contributed by atoms with Gasteiger partial charge in [-0.2, -0.15) is 0 Å². The fraction of sp³-hybridized carbons (Fsp3) is 0.353. The van der Waals surface area contributed by atoms with Crippen LogP contribution in [0.25, 0.3) is 0 Å². The van der Waals surface area contributed by atoms with E-state index in [-0.39, 0.29) is 11.8 Å². The summed E-state index contributed by atoms with van der Waals surface area (Å²) in [7, 11) is 0. The number of nitrogens with one attached hydrogen (secondary N) is 1. The Morgan fingerprint density at radius 3 is 2.87 bits per heavy atom. The first-order valence-electron chi connectivity index (χ1n) is 7.72. The van der Waals surface area contributed by atoms with Crippen LogP contribution < -0.4 is 5.32 Å². The highest BCUT2D eigenvalue weighted by Crippen LogP contribution is 2.33. The van der Waals surface area contributed by atoms with Crippen LogP contribution in [0.4, 0.5) is 9.18 Å². The zero-order valence-corrected chi connectivity index (χ0v) is 14.3. The van der Waals surface area contributed by atoms with E-state index in [4.69, 9.17) is 0 Å². The molecule has 0 radical (unpaired) electrons. The van der Waals surface area contributed by atoms with Gasteiger partial charge in [-0.05, 0) is 24.6 Å². The number of benzene rings is 1. The number of alkyl halides is 1. The van der Waals surface area contributed by atoms with Gasteiger partial charge in [-0.25, -0.2) is 9.18 Å². The molecule has 1 aromatic carbocycles. The third-order valence-electron chi connectivity index (χ3n) is 4.09. The molecule has 2 amide bonds. The van der Waals surface area contributed by atoms with E-state index in [1.165, 1.54) is 6.07 Å². The molecule has 1 atom stereocenters. The predicted molar refractivity (Wildman–Crippen MR) is 91.2 cm³/mol. The summed E-state index contributed by atoms with van der Waals surface area (Å²) in [5.41, 5.74) is 1.47. The summed E-state index contributed by atoms with van der Waals surface area (Å²) in [5.74, 6) is -0.287. The third-order valence-corrected chi connectivity index (χ3v) is 4.65. The van der Waals surface area contributed by atoms with E-state index in [1.54, 1.807) is 23.1 Å². The standard InChI is InChI=1S/C17H19BrFN3O/c18-8-4-9-20-17(23)22-12-11-21-10-3-7-15(21)16(22)13-5-1-2-6-14(13)19/h1-3,5-7,10,16H,4,8-9,11-12H2,(H,20,23)/t16-/m0/s1. The van der Waals surface area contributed by atoms with Gasteiger partial charge in [0.25, 0.3) is 0 Å². The highest BCUT2D eigenvalue weighted by atomic mass is 79.9. The number of nitrogens with zero attached hydrogens (tertiary/aromatic N) is 2. The van der Waals surface area contributed by atoms with Crippen molar-refractivity contribution >= 4 is 22.0 Å². The summed E-state index contributed by atoms with van der Waals surface area (Å²) < 4.78 is 16.4. The fourth-order valence-corrected chi connectivity index (χ4v) is 3.27. The summed E-state index contributed by atoms with van der Waals surface area (Å²) in [4.78, 5) is 14.3. The van der Waals surface area contributed by atoms with Crippen molar-refractivity contribution < 1.29 is 9.18 Å². The van der Waals surface area contributed by atoms with Crippen molar-refractivity contribution in [2.45, 2.75) is 19.0 Å². The SMILES string of the molecule is O=C(NCCCBr)N1CCn2cccc2[C@@H]1c1ccccc1F. The van der Waals surface area contributed by atoms with E-state index in [1.807, 2.05) is 18.3 Å². The Balaban J connectivity index is 1.93. The molecule has 2 heterocycles. The molecule has 1 aliphatic rings. The van der Waals surface area contributed by atoms with Gasteiger partial charge < -0.3 is 14.8 Å². The van der Waals surface area contributed by atoms with Gasteiger partial charge in [-0.15, -0.1) is 0 Å². The average Bonchev–Trinajstić information content (AvgIpc) is 3.03. The maximum atomic E-state index is 14.3. The Morgan fingerprint density at radius 2 is 2.09 bits per heavy atom. The van der Waals surface area contributed by atoms with Crippen molar-refractivity contribution in [1.82, 2.24) is 14.8 Å². The third kappa shape index (κ3) is 3.27. The van der Waals surface area contributed by atoms with Gasteiger partial charge in [-0.1, -0.05) is 34.1 Å². The van der Waals surface area contributed by atoms with E-state index >= 15 is 0 Å². The first kappa shape index (κ1) is 16.1. The summed E-state index contributed by atoms with van der Waals surface area (Å²) >= 11 is 3.35. The van der Waals surface area contributed by atoms with Crippen LogP contribution in [0.3, 0.4) is 0 Å². The molecule has 0 saturated carbocycles. The van der Waals surface area contributed by atoms with E-state index in [0.29, 0.717) is 18.7 Å². The quantitative estimate of drug-likeness (QED) is 0.640.